The van der Waals surface area contributed by atoms with E-state index in [1.54, 1.807) is 6.07 Å². The van der Waals surface area contributed by atoms with E-state index in [0.29, 0.717) is 15.7 Å². The van der Waals surface area contributed by atoms with Crippen LogP contribution in [0.15, 0.2) is 34.1 Å². The summed E-state index contributed by atoms with van der Waals surface area (Å²) in [5, 5.41) is 2.79. The van der Waals surface area contributed by atoms with E-state index in [2.05, 4.69) is 0 Å². The third-order valence-corrected chi connectivity index (χ3v) is 4.28. The fourth-order valence-corrected chi connectivity index (χ4v) is 3.08. The van der Waals surface area contributed by atoms with Gasteiger partial charge in [-0.25, -0.2) is 4.39 Å². The molecule has 0 aliphatic rings. The summed E-state index contributed by atoms with van der Waals surface area (Å²) in [4.78, 5) is 0. The minimum Gasteiger partial charge on any atom is -0.459 e. The van der Waals surface area contributed by atoms with Gasteiger partial charge < -0.3 is 10.2 Å². The van der Waals surface area contributed by atoms with E-state index in [9.17, 15) is 4.39 Å². The second kappa shape index (κ2) is 4.63. The van der Waals surface area contributed by atoms with Crippen LogP contribution in [0.25, 0.3) is 11.0 Å². The Morgan fingerprint density at radius 2 is 2.16 bits per heavy atom. The van der Waals surface area contributed by atoms with Gasteiger partial charge in [0.05, 0.1) is 10.4 Å². The van der Waals surface area contributed by atoms with Crippen LogP contribution in [0.3, 0.4) is 0 Å². The molecule has 98 valence electrons. The monoisotopic (exact) mass is 295 g/mol. The molecule has 0 saturated carbocycles. The lowest BCUT2D eigenvalue weighted by Crippen LogP contribution is -2.10. The molecule has 3 aromatic rings. The minimum absolute atomic E-state index is 0.319. The Bertz CT molecular complexity index is 749. The predicted molar refractivity (Wildman–Crippen MR) is 76.3 cm³/mol. The topological polar surface area (TPSA) is 39.2 Å². The van der Waals surface area contributed by atoms with E-state index < -0.39 is 0 Å². The largest absolute Gasteiger partial charge is 0.459 e. The van der Waals surface area contributed by atoms with E-state index in [4.69, 9.17) is 21.8 Å². The SMILES string of the molecule is Cc1c(C(N)c2csc(Cl)c2)oc2cc(F)ccc12. The lowest BCUT2D eigenvalue weighted by atomic mass is 10.0. The average molecular weight is 296 g/mol. The smallest absolute Gasteiger partial charge is 0.137 e. The van der Waals surface area contributed by atoms with E-state index >= 15 is 0 Å². The van der Waals surface area contributed by atoms with Gasteiger partial charge in [-0.15, -0.1) is 11.3 Å². The van der Waals surface area contributed by atoms with Gasteiger partial charge in [-0.3, -0.25) is 0 Å². The first-order chi connectivity index (χ1) is 9.06. The van der Waals surface area contributed by atoms with Crippen molar-refractivity contribution in [2.75, 3.05) is 0 Å². The van der Waals surface area contributed by atoms with Crippen LogP contribution in [0.1, 0.15) is 22.9 Å². The molecule has 2 nitrogen and oxygen atoms in total. The number of fused-ring (bicyclic) bond motifs is 1. The highest BCUT2D eigenvalue weighted by atomic mass is 35.5. The van der Waals surface area contributed by atoms with E-state index in [0.717, 1.165) is 16.5 Å². The number of thiophene rings is 1. The second-order valence-corrected chi connectivity index (χ2v) is 5.94. The van der Waals surface area contributed by atoms with Crippen molar-refractivity contribution in [3.05, 3.63) is 56.7 Å². The maximum atomic E-state index is 13.2. The fourth-order valence-electron chi connectivity index (χ4n) is 2.15. The van der Waals surface area contributed by atoms with Gasteiger partial charge in [-0.05, 0) is 36.1 Å². The molecule has 1 unspecified atom stereocenters. The first-order valence-electron chi connectivity index (χ1n) is 5.74. The van der Waals surface area contributed by atoms with Crippen LogP contribution in [0.4, 0.5) is 4.39 Å². The Balaban J connectivity index is 2.12. The molecule has 3 rings (SSSR count). The number of aryl methyl sites for hydroxylation is 1. The molecule has 1 atom stereocenters. The van der Waals surface area contributed by atoms with Gasteiger partial charge in [0.1, 0.15) is 17.2 Å². The molecule has 0 amide bonds. The summed E-state index contributed by atoms with van der Waals surface area (Å²) in [7, 11) is 0. The van der Waals surface area contributed by atoms with Crippen LogP contribution < -0.4 is 5.73 Å². The molecule has 2 N–H and O–H groups in total. The quantitative estimate of drug-likeness (QED) is 0.748. The van der Waals surface area contributed by atoms with Crippen molar-refractivity contribution in [3.63, 3.8) is 0 Å². The van der Waals surface area contributed by atoms with Gasteiger partial charge in [-0.1, -0.05) is 11.6 Å². The van der Waals surface area contributed by atoms with Gasteiger partial charge >= 0.3 is 0 Å². The molecule has 5 heteroatoms. The summed E-state index contributed by atoms with van der Waals surface area (Å²) in [5.41, 5.74) is 8.55. The van der Waals surface area contributed by atoms with Gasteiger partial charge in [0.2, 0.25) is 0 Å². The van der Waals surface area contributed by atoms with Crippen molar-refractivity contribution in [1.29, 1.82) is 0 Å². The molecule has 0 aliphatic heterocycles. The Morgan fingerprint density at radius 1 is 1.37 bits per heavy atom. The number of hydrogen-bond donors (Lipinski definition) is 1. The molecule has 0 bridgehead atoms. The highest BCUT2D eigenvalue weighted by molar-refractivity contribution is 7.14. The number of halogens is 2. The molecule has 2 aromatic heterocycles. The average Bonchev–Trinajstić information content (AvgIpc) is 2.93. The molecule has 0 radical (unpaired) electrons. The second-order valence-electron chi connectivity index (χ2n) is 4.39. The van der Waals surface area contributed by atoms with Crippen LogP contribution in [0.5, 0.6) is 0 Å². The highest BCUT2D eigenvalue weighted by Crippen LogP contribution is 2.34. The summed E-state index contributed by atoms with van der Waals surface area (Å²) in [5.74, 6) is 0.329. The fraction of sp³-hybridized carbons (Fsp3) is 0.143. The molecule has 19 heavy (non-hydrogen) atoms. The summed E-state index contributed by atoms with van der Waals surface area (Å²) in [6.07, 6.45) is 0. The van der Waals surface area contributed by atoms with Crippen molar-refractivity contribution < 1.29 is 8.81 Å². The maximum absolute atomic E-state index is 13.2. The number of hydrogen-bond acceptors (Lipinski definition) is 3. The van der Waals surface area contributed by atoms with E-state index in [-0.39, 0.29) is 11.9 Å². The van der Waals surface area contributed by atoms with Crippen molar-refractivity contribution in [3.8, 4) is 0 Å². The number of rotatable bonds is 2. The van der Waals surface area contributed by atoms with Crippen LogP contribution in [-0.4, -0.2) is 0 Å². The zero-order chi connectivity index (χ0) is 13.6. The molecular formula is C14H11ClFNOS. The van der Waals surface area contributed by atoms with Crippen molar-refractivity contribution in [1.82, 2.24) is 0 Å². The molecule has 0 spiro atoms. The summed E-state index contributed by atoms with van der Waals surface area (Å²) >= 11 is 7.34. The van der Waals surface area contributed by atoms with Crippen LogP contribution in [0, 0.1) is 12.7 Å². The van der Waals surface area contributed by atoms with E-state index in [1.807, 2.05) is 18.4 Å². The molecular weight excluding hydrogens is 285 g/mol. The normalized spacial score (nSPS) is 13.1. The van der Waals surface area contributed by atoms with Crippen LogP contribution in [-0.2, 0) is 0 Å². The molecule has 0 fully saturated rings. The Labute approximate surface area is 118 Å². The Hall–Kier alpha value is -1.36. The summed E-state index contributed by atoms with van der Waals surface area (Å²) in [6, 6.07) is 5.93. The number of nitrogens with two attached hydrogens (primary N) is 1. The minimum atomic E-state index is -0.390. The summed E-state index contributed by atoms with van der Waals surface area (Å²) < 4.78 is 19.6. The van der Waals surface area contributed by atoms with Crippen molar-refractivity contribution >= 4 is 33.9 Å². The van der Waals surface area contributed by atoms with E-state index in [1.165, 1.54) is 23.5 Å². The Kier molecular flexibility index (Phi) is 3.09. The summed E-state index contributed by atoms with van der Waals surface area (Å²) in [6.45, 7) is 1.92. The third-order valence-electron chi connectivity index (χ3n) is 3.17. The van der Waals surface area contributed by atoms with Gasteiger partial charge in [0.25, 0.3) is 0 Å². The van der Waals surface area contributed by atoms with Crippen LogP contribution in [0.2, 0.25) is 4.34 Å². The van der Waals surface area contributed by atoms with Crippen LogP contribution >= 0.6 is 22.9 Å². The first kappa shape index (κ1) is 12.7. The van der Waals surface area contributed by atoms with Gasteiger partial charge in [0, 0.05) is 17.0 Å². The third kappa shape index (κ3) is 2.16. The molecule has 0 saturated heterocycles. The number of benzene rings is 1. The lowest BCUT2D eigenvalue weighted by molar-refractivity contribution is 0.519. The van der Waals surface area contributed by atoms with Crippen molar-refractivity contribution in [2.24, 2.45) is 5.73 Å². The van der Waals surface area contributed by atoms with Crippen molar-refractivity contribution in [2.45, 2.75) is 13.0 Å². The maximum Gasteiger partial charge on any atom is 0.137 e. The Morgan fingerprint density at radius 3 is 2.84 bits per heavy atom. The predicted octanol–water partition coefficient (Wildman–Crippen LogP) is 4.64. The highest BCUT2D eigenvalue weighted by Gasteiger charge is 2.19. The standard InChI is InChI=1S/C14H11ClFNOS/c1-7-10-3-2-9(16)5-11(10)18-14(7)13(17)8-4-12(15)19-6-8/h2-6,13H,17H2,1H3. The molecule has 1 aromatic carbocycles. The van der Waals surface area contributed by atoms with Gasteiger partial charge in [0.15, 0.2) is 0 Å². The number of furan rings is 1. The zero-order valence-electron chi connectivity index (χ0n) is 10.1. The van der Waals surface area contributed by atoms with Gasteiger partial charge in [-0.2, -0.15) is 0 Å². The molecule has 0 aliphatic carbocycles. The molecule has 2 heterocycles. The first-order valence-corrected chi connectivity index (χ1v) is 7.00. The zero-order valence-corrected chi connectivity index (χ0v) is 11.7. The lowest BCUT2D eigenvalue weighted by Gasteiger charge is -2.07.